The van der Waals surface area contributed by atoms with Crippen LogP contribution in [0.3, 0.4) is 0 Å². The van der Waals surface area contributed by atoms with E-state index >= 15 is 0 Å². The quantitative estimate of drug-likeness (QED) is 0.103. The fourth-order valence-electron chi connectivity index (χ4n) is 7.22. The molecule has 6 aromatic carbocycles. The molecule has 2 heterocycles. The minimum absolute atomic E-state index is 0. The summed E-state index contributed by atoms with van der Waals surface area (Å²) in [7, 11) is 2.78. The molecule has 0 bridgehead atoms. The first kappa shape index (κ1) is 63.0. The van der Waals surface area contributed by atoms with Crippen LogP contribution in [0.4, 0.5) is 0 Å². The number of halogens is 1. The number of carboxylic acid groups (broad SMARTS) is 1. The number of carboxylic acids is 1. The zero-order chi connectivity index (χ0) is 63.5. The summed E-state index contributed by atoms with van der Waals surface area (Å²) in [6, 6.07) is 50.7. The van der Waals surface area contributed by atoms with E-state index in [1.165, 1.54) is 37.3 Å². The molecular formula is C55H76ILiN2O7U6. The van der Waals surface area contributed by atoms with Gasteiger partial charge >= 0.3 is 36.8 Å². The predicted molar refractivity (Wildman–Crippen MR) is 292 cm³/mol. The van der Waals surface area contributed by atoms with E-state index in [0.717, 1.165) is 48.9 Å². The van der Waals surface area contributed by atoms with Gasteiger partial charge in [-0.3, -0.25) is 0 Å². The third kappa shape index (κ3) is 22.5. The van der Waals surface area contributed by atoms with Gasteiger partial charge in [-0.1, -0.05) is 136 Å². The number of nitrogens with zero attached hydrogens (tertiary/aromatic N) is 2. The molecule has 0 atom stereocenters. The van der Waals surface area contributed by atoms with Gasteiger partial charge in [0.1, 0.15) is 0 Å². The molecule has 380 valence electrons. The second-order valence-electron chi connectivity index (χ2n) is 14.7. The van der Waals surface area contributed by atoms with Crippen LogP contribution in [0.15, 0.2) is 163 Å². The molecule has 0 fully saturated rings. The van der Waals surface area contributed by atoms with Crippen LogP contribution in [0, 0.1) is 204 Å². The number of aromatic nitrogens is 2. The zero-order valence-electron chi connectivity index (χ0n) is 59.2. The number of esters is 2. The number of carbonyl (C=O) groups excluding carboxylic acids is 2. The molecule has 0 unspecified atom stereocenters. The molecular weight excluding hydrogens is 2360 g/mol. The van der Waals surface area contributed by atoms with E-state index in [1.807, 2.05) is 103 Å². The summed E-state index contributed by atoms with van der Waals surface area (Å²) in [6.07, 6.45) is 4.66. The standard InChI is InChI=1S/C17H15NO2.C16H13NO2.C10H10.C8H7IO2.C3H8.CH4.Li.H2O.6U.9H2/c1-12-11-13-7-3-5-9-15(13)18(12)16-10-6-4-8-14(16)17(19)20-2;1-11-10-12-6-2-4-8-14(12)17(11)15-9-5-3-7-13(15)16(18)19;1-8-6-9-4-2-3-5-10(9)7-8;1-11-8(10)6-4-2-3-5-7(6)9;1-3-2;;;;;;;;;;;;;;;;;;/h3-11H,1-2H3;2-10H,1H3,(H,18,19);2-6H,7H2,1H3;2-5H,1H3;3H2,1-2H3;1H4;;1H2;;;;;;;9*1H/q;;;;;;+1;;;;;;;;;;;;;;;;/p-1/i;;;;;;;;;;;;;;9*1+2T. The van der Waals surface area contributed by atoms with Crippen molar-refractivity contribution in [1.29, 1.82) is 0 Å². The first-order chi connectivity index (χ1) is 39.4. The maximum Gasteiger partial charge on any atom is 1.00 e. The number of benzene rings is 6. The fraction of sp³-hybridized carbons (Fsp3) is 0.182. The molecule has 0 radical (unpaired) electrons. The Kier molecular flexibility index (Phi) is 36.9. The summed E-state index contributed by atoms with van der Waals surface area (Å²) >= 11 is 2.10. The number of allylic oxidation sites excluding steroid dienone is 1. The molecule has 9 nitrogen and oxygen atoms in total. The summed E-state index contributed by atoms with van der Waals surface area (Å²) in [6.45, 7) is 10.5. The molecule has 0 amide bonds. The fourth-order valence-corrected chi connectivity index (χ4v) is 7.82. The average Bonchev–Trinajstić information content (AvgIpc) is 4.02. The predicted octanol–water partition coefficient (Wildman–Crippen LogP) is 13.2. The maximum atomic E-state index is 11.9. The van der Waals surface area contributed by atoms with Crippen LogP contribution < -0.4 is 18.9 Å². The van der Waals surface area contributed by atoms with Gasteiger partial charge in [-0.15, -0.1) is 0 Å². The van der Waals surface area contributed by atoms with E-state index in [4.69, 9.17) is 31.5 Å². The number of aryl methyl sites for hydroxylation is 2. The molecule has 8 aromatic rings. The largest absolute Gasteiger partial charge is 1.00 e. The van der Waals surface area contributed by atoms with E-state index in [0.29, 0.717) is 22.4 Å². The SMILES string of the molecule is C.CC1=Cc2ccccc2C1.CCC.COC(=O)c1ccccc1-n1c(C)cc2ccccc21.COC(=O)c1ccccc1I.Cc1cc2ccccc2n1-c1ccccc1C(=O)O.[3H][3H].[3H][3H].[3H][3H].[3H][3H].[3H][3H].[3H][3H].[3H][3H].[3H][3H].[3H][3H].[Li+].[OH-].[U].[U].[U].[U].[U].[U]. The van der Waals surface area contributed by atoms with Gasteiger partial charge in [0.25, 0.3) is 0 Å². The molecule has 9 rings (SSSR count). The van der Waals surface area contributed by atoms with E-state index in [9.17, 15) is 19.5 Å². The Balaban J connectivity index is -0.0000000641. The second kappa shape index (κ2) is 42.1. The van der Waals surface area contributed by atoms with Crippen molar-refractivity contribution in [3.8, 4) is 11.4 Å². The molecule has 2 aromatic heterocycles. The number of para-hydroxylation sites is 4. The number of hydrogen-bond donors (Lipinski definition) is 1. The first-order valence-electron chi connectivity index (χ1n) is 29.7. The molecule has 0 spiro atoms. The van der Waals surface area contributed by atoms with Crippen molar-refractivity contribution in [3.63, 3.8) is 0 Å². The minimum atomic E-state index is -0.909. The summed E-state index contributed by atoms with van der Waals surface area (Å²) in [5.74, 6) is -1.51. The topological polar surface area (TPSA) is 130 Å². The van der Waals surface area contributed by atoms with E-state index < -0.39 is 5.97 Å². The Morgan fingerprint density at radius 1 is 0.583 bits per heavy atom. The molecule has 17 heteroatoms. The van der Waals surface area contributed by atoms with Crippen molar-refractivity contribution >= 4 is 68.4 Å². The van der Waals surface area contributed by atoms with Crippen LogP contribution in [-0.2, 0) is 15.9 Å². The molecule has 0 aliphatic heterocycles. The minimum Gasteiger partial charge on any atom is -0.870 e. The van der Waals surface area contributed by atoms with Gasteiger partial charge in [-0.2, -0.15) is 0 Å². The van der Waals surface area contributed by atoms with E-state index in [-0.39, 0.29) is 230 Å². The normalized spacial score (nSPS) is 10.5. The Hall–Kier alpha value is 0.149. The van der Waals surface area contributed by atoms with Crippen molar-refractivity contribution in [1.82, 2.24) is 9.13 Å². The summed E-state index contributed by atoms with van der Waals surface area (Å²) in [4.78, 5) is 34.3. The van der Waals surface area contributed by atoms with Crippen LogP contribution >= 0.6 is 22.6 Å². The number of carbonyl (C=O) groups is 3. The van der Waals surface area contributed by atoms with Gasteiger partial charge in [-0.25, -0.2) is 14.4 Å². The zero-order valence-corrected chi connectivity index (χ0v) is 68.4. The van der Waals surface area contributed by atoms with Gasteiger partial charge in [-0.05, 0) is 122 Å². The molecule has 1 aliphatic rings. The van der Waals surface area contributed by atoms with Gasteiger partial charge in [0.2, 0.25) is 0 Å². The van der Waals surface area contributed by atoms with Crippen LogP contribution in [0.2, 0.25) is 0 Å². The number of fused-ring (bicyclic) bond motifs is 3. The molecule has 0 saturated carbocycles. The second-order valence-corrected chi connectivity index (χ2v) is 15.9. The molecule has 1 aliphatic carbocycles. The van der Waals surface area contributed by atoms with Crippen molar-refractivity contribution < 1.29 is 267 Å². The van der Waals surface area contributed by atoms with Gasteiger partial charge in [0.15, 0.2) is 0 Å². The summed E-state index contributed by atoms with van der Waals surface area (Å²) in [5.41, 5.74) is 11.6. The maximum absolute atomic E-state index is 11.9. The van der Waals surface area contributed by atoms with Gasteiger partial charge in [0, 0.05) is 239 Å². The molecule has 2 N–H and O–H groups in total. The van der Waals surface area contributed by atoms with Crippen LogP contribution in [0.5, 0.6) is 0 Å². The van der Waals surface area contributed by atoms with Gasteiger partial charge in [0.05, 0.1) is 53.3 Å². The van der Waals surface area contributed by atoms with Crippen molar-refractivity contribution in [2.75, 3.05) is 14.2 Å². The van der Waals surface area contributed by atoms with Crippen LogP contribution in [-0.4, -0.2) is 51.8 Å². The number of ether oxygens (including phenoxy) is 2. The Bertz CT molecular complexity index is 2970. The number of hydrogen-bond acceptors (Lipinski definition) is 6. The monoisotopic (exact) mass is 2470 g/mol. The molecule has 72 heavy (non-hydrogen) atoms. The average molecular weight is 2480 g/mol. The van der Waals surface area contributed by atoms with Crippen molar-refractivity contribution in [2.24, 2.45) is 0 Å². The number of methoxy groups -OCH3 is 2. The number of rotatable bonds is 5. The van der Waals surface area contributed by atoms with Crippen LogP contribution in [0.1, 0.15) is 115 Å². The van der Waals surface area contributed by atoms with Gasteiger partial charge < -0.3 is 29.2 Å². The van der Waals surface area contributed by atoms with E-state index in [2.05, 4.69) is 107 Å². The van der Waals surface area contributed by atoms with E-state index in [1.54, 1.807) is 24.3 Å². The Morgan fingerprint density at radius 2 is 0.944 bits per heavy atom. The Morgan fingerprint density at radius 3 is 1.39 bits per heavy atom. The molecule has 0 saturated heterocycles. The third-order valence-corrected chi connectivity index (χ3v) is 10.9. The first-order valence-corrected chi connectivity index (χ1v) is 21.7. The smallest absolute Gasteiger partial charge is 0.870 e. The van der Waals surface area contributed by atoms with Crippen molar-refractivity contribution in [2.45, 2.75) is 54.9 Å². The summed E-state index contributed by atoms with van der Waals surface area (Å²) < 4.78 is 104. The number of aromatic carboxylic acids is 1. The Labute approximate surface area is 621 Å². The summed E-state index contributed by atoms with van der Waals surface area (Å²) in [5, 5.41) is 11.6. The van der Waals surface area contributed by atoms with Crippen molar-refractivity contribution in [3.05, 3.63) is 206 Å². The van der Waals surface area contributed by atoms with Crippen LogP contribution in [0.25, 0.3) is 39.3 Å². The third-order valence-electron chi connectivity index (χ3n) is 9.92.